The maximum Gasteiger partial charge on any atom is 0.00785 e. The summed E-state index contributed by atoms with van der Waals surface area (Å²) >= 11 is 0. The summed E-state index contributed by atoms with van der Waals surface area (Å²) in [7, 11) is 4.05. The zero-order valence-electron chi connectivity index (χ0n) is 8.28. The van der Waals surface area contributed by atoms with Crippen LogP contribution < -0.4 is 10.6 Å². The van der Waals surface area contributed by atoms with Crippen molar-refractivity contribution in [3.05, 3.63) is 0 Å². The summed E-state index contributed by atoms with van der Waals surface area (Å²) in [5.74, 6) is 0.796. The van der Waals surface area contributed by atoms with Crippen LogP contribution >= 0.6 is 0 Å². The van der Waals surface area contributed by atoms with Crippen LogP contribution in [0.25, 0.3) is 0 Å². The van der Waals surface area contributed by atoms with Gasteiger partial charge < -0.3 is 10.6 Å². The summed E-state index contributed by atoms with van der Waals surface area (Å²) in [5.41, 5.74) is 0. The molecular weight excluding hydrogens is 136 g/mol. The van der Waals surface area contributed by atoms with E-state index in [0.29, 0.717) is 6.04 Å². The van der Waals surface area contributed by atoms with Crippen molar-refractivity contribution < 1.29 is 0 Å². The Morgan fingerprint density at radius 1 is 1.18 bits per heavy atom. The molecule has 0 saturated heterocycles. The first-order valence-electron chi connectivity index (χ1n) is 4.52. The molecule has 1 atom stereocenters. The van der Waals surface area contributed by atoms with Crippen LogP contribution in [0.1, 0.15) is 26.7 Å². The zero-order chi connectivity index (χ0) is 8.69. The predicted octanol–water partition coefficient (Wildman–Crippen LogP) is 1.23. The molecule has 11 heavy (non-hydrogen) atoms. The first kappa shape index (κ1) is 10.9. The van der Waals surface area contributed by atoms with Crippen LogP contribution in [0.5, 0.6) is 0 Å². The van der Waals surface area contributed by atoms with Crippen LogP contribution in [-0.2, 0) is 0 Å². The SMILES string of the molecule is CNCCC(CC(C)C)NC. The largest absolute Gasteiger partial charge is 0.320 e. The second-order valence-corrected chi connectivity index (χ2v) is 3.51. The molecule has 2 nitrogen and oxygen atoms in total. The van der Waals surface area contributed by atoms with Crippen LogP contribution in [0, 0.1) is 5.92 Å². The third-order valence-electron chi connectivity index (χ3n) is 1.91. The van der Waals surface area contributed by atoms with Crippen molar-refractivity contribution in [2.75, 3.05) is 20.6 Å². The maximum absolute atomic E-state index is 3.33. The van der Waals surface area contributed by atoms with Gasteiger partial charge in [-0.1, -0.05) is 13.8 Å². The molecule has 0 amide bonds. The van der Waals surface area contributed by atoms with E-state index >= 15 is 0 Å². The summed E-state index contributed by atoms with van der Waals surface area (Å²) < 4.78 is 0. The normalized spacial score (nSPS) is 13.9. The van der Waals surface area contributed by atoms with Gasteiger partial charge in [0.15, 0.2) is 0 Å². The highest BCUT2D eigenvalue weighted by Gasteiger charge is 2.06. The Morgan fingerprint density at radius 3 is 2.18 bits per heavy atom. The molecule has 0 aliphatic carbocycles. The number of hydrogen-bond donors (Lipinski definition) is 2. The van der Waals surface area contributed by atoms with E-state index < -0.39 is 0 Å². The Morgan fingerprint density at radius 2 is 1.82 bits per heavy atom. The Hall–Kier alpha value is -0.0800. The summed E-state index contributed by atoms with van der Waals surface area (Å²) in [5, 5.41) is 6.49. The van der Waals surface area contributed by atoms with Crippen molar-refractivity contribution in [2.24, 2.45) is 5.92 Å². The summed E-state index contributed by atoms with van der Waals surface area (Å²) in [6.45, 7) is 5.64. The second kappa shape index (κ2) is 6.62. The average molecular weight is 158 g/mol. The lowest BCUT2D eigenvalue weighted by atomic mass is 10.0. The standard InChI is InChI=1S/C9H22N2/c1-8(2)7-9(11-4)5-6-10-3/h8-11H,5-7H2,1-4H3. The quantitative estimate of drug-likeness (QED) is 0.607. The van der Waals surface area contributed by atoms with Crippen molar-refractivity contribution in [1.29, 1.82) is 0 Å². The molecule has 0 heterocycles. The maximum atomic E-state index is 3.33. The van der Waals surface area contributed by atoms with Crippen molar-refractivity contribution in [3.8, 4) is 0 Å². The molecule has 2 N–H and O–H groups in total. The third-order valence-corrected chi connectivity index (χ3v) is 1.91. The molecule has 0 fully saturated rings. The third kappa shape index (κ3) is 6.32. The van der Waals surface area contributed by atoms with Gasteiger partial charge in [0.05, 0.1) is 0 Å². The Bertz CT molecular complexity index is 81.6. The highest BCUT2D eigenvalue weighted by Crippen LogP contribution is 2.06. The Balaban J connectivity index is 3.41. The summed E-state index contributed by atoms with van der Waals surface area (Å²) in [6.07, 6.45) is 2.50. The predicted molar refractivity (Wildman–Crippen MR) is 50.8 cm³/mol. The van der Waals surface area contributed by atoms with E-state index in [9.17, 15) is 0 Å². The number of hydrogen-bond acceptors (Lipinski definition) is 2. The van der Waals surface area contributed by atoms with Gasteiger partial charge in [-0.2, -0.15) is 0 Å². The van der Waals surface area contributed by atoms with Crippen LogP contribution in [0.15, 0.2) is 0 Å². The molecule has 0 aliphatic heterocycles. The molecule has 1 unspecified atom stereocenters. The molecule has 2 heteroatoms. The molecule has 68 valence electrons. The first-order chi connectivity index (χ1) is 5.20. The van der Waals surface area contributed by atoms with Gasteiger partial charge in [0.25, 0.3) is 0 Å². The van der Waals surface area contributed by atoms with Gasteiger partial charge in [0, 0.05) is 6.04 Å². The minimum Gasteiger partial charge on any atom is -0.320 e. The monoisotopic (exact) mass is 158 g/mol. The van der Waals surface area contributed by atoms with Gasteiger partial charge in [-0.3, -0.25) is 0 Å². The molecule has 0 aromatic rings. The van der Waals surface area contributed by atoms with Crippen molar-refractivity contribution in [2.45, 2.75) is 32.7 Å². The average Bonchev–Trinajstić information content (AvgIpc) is 1.97. The minimum atomic E-state index is 0.683. The minimum absolute atomic E-state index is 0.683. The molecule has 0 aliphatic rings. The lowest BCUT2D eigenvalue weighted by molar-refractivity contribution is 0.417. The van der Waals surface area contributed by atoms with Crippen molar-refractivity contribution in [3.63, 3.8) is 0 Å². The molecule has 0 aromatic carbocycles. The highest BCUT2D eigenvalue weighted by molar-refractivity contribution is 4.66. The van der Waals surface area contributed by atoms with Gasteiger partial charge in [0.1, 0.15) is 0 Å². The fourth-order valence-corrected chi connectivity index (χ4v) is 1.27. The van der Waals surface area contributed by atoms with Crippen LogP contribution in [0.2, 0.25) is 0 Å². The van der Waals surface area contributed by atoms with Gasteiger partial charge in [-0.25, -0.2) is 0 Å². The summed E-state index contributed by atoms with van der Waals surface area (Å²) in [6, 6.07) is 0.683. The van der Waals surface area contributed by atoms with E-state index in [2.05, 4.69) is 24.5 Å². The van der Waals surface area contributed by atoms with Crippen molar-refractivity contribution in [1.82, 2.24) is 10.6 Å². The lowest BCUT2D eigenvalue weighted by Gasteiger charge is -2.17. The molecule has 0 saturated carbocycles. The van der Waals surface area contributed by atoms with E-state index in [1.807, 2.05) is 14.1 Å². The van der Waals surface area contributed by atoms with Gasteiger partial charge in [-0.15, -0.1) is 0 Å². The first-order valence-corrected chi connectivity index (χ1v) is 4.52. The van der Waals surface area contributed by atoms with E-state index in [4.69, 9.17) is 0 Å². The smallest absolute Gasteiger partial charge is 0.00785 e. The fourth-order valence-electron chi connectivity index (χ4n) is 1.27. The van der Waals surface area contributed by atoms with E-state index in [-0.39, 0.29) is 0 Å². The topological polar surface area (TPSA) is 24.1 Å². The van der Waals surface area contributed by atoms with Crippen LogP contribution in [-0.4, -0.2) is 26.7 Å². The Kier molecular flexibility index (Phi) is 6.57. The van der Waals surface area contributed by atoms with Gasteiger partial charge in [-0.05, 0) is 39.4 Å². The van der Waals surface area contributed by atoms with Gasteiger partial charge in [0.2, 0.25) is 0 Å². The zero-order valence-corrected chi connectivity index (χ0v) is 8.28. The molecule has 0 rings (SSSR count). The molecule has 0 bridgehead atoms. The van der Waals surface area contributed by atoms with E-state index in [1.54, 1.807) is 0 Å². The van der Waals surface area contributed by atoms with E-state index in [1.165, 1.54) is 12.8 Å². The number of rotatable bonds is 6. The van der Waals surface area contributed by atoms with E-state index in [0.717, 1.165) is 12.5 Å². The summed E-state index contributed by atoms with van der Waals surface area (Å²) in [4.78, 5) is 0. The molecule has 0 aromatic heterocycles. The van der Waals surface area contributed by atoms with Crippen LogP contribution in [0.4, 0.5) is 0 Å². The van der Waals surface area contributed by atoms with Gasteiger partial charge >= 0.3 is 0 Å². The fraction of sp³-hybridized carbons (Fsp3) is 1.00. The van der Waals surface area contributed by atoms with Crippen LogP contribution in [0.3, 0.4) is 0 Å². The Labute approximate surface area is 70.8 Å². The molecule has 0 spiro atoms. The lowest BCUT2D eigenvalue weighted by Crippen LogP contribution is -2.30. The van der Waals surface area contributed by atoms with Crippen molar-refractivity contribution >= 4 is 0 Å². The molecule has 0 radical (unpaired) electrons. The number of nitrogens with one attached hydrogen (secondary N) is 2. The second-order valence-electron chi connectivity index (χ2n) is 3.51. The highest BCUT2D eigenvalue weighted by atomic mass is 14.9. The molecular formula is C9H22N2.